The molecule has 1 fully saturated rings. The number of aryl methyl sites for hydroxylation is 1. The summed E-state index contributed by atoms with van der Waals surface area (Å²) >= 11 is 1.43. The number of tetrazole rings is 1. The number of piperidine rings is 1. The first kappa shape index (κ1) is 27.8. The minimum Gasteiger partial charge on any atom is -0.371 e. The van der Waals surface area contributed by atoms with Gasteiger partial charge in [0.05, 0.1) is 15.8 Å². The molecular weight excluding hydrogens is 548 g/mol. The van der Waals surface area contributed by atoms with E-state index in [-0.39, 0.29) is 11.5 Å². The van der Waals surface area contributed by atoms with Crippen LogP contribution in [0.4, 0.5) is 11.4 Å². The fraction of sp³-hybridized carbons (Fsp3) is 0.355. The van der Waals surface area contributed by atoms with Gasteiger partial charge in [0.25, 0.3) is 11.5 Å². The Bertz CT molecular complexity index is 1720. The van der Waals surface area contributed by atoms with Crippen LogP contribution in [0, 0.1) is 5.92 Å². The van der Waals surface area contributed by atoms with E-state index in [9.17, 15) is 9.59 Å². The van der Waals surface area contributed by atoms with Crippen LogP contribution in [0.1, 0.15) is 48.6 Å². The van der Waals surface area contributed by atoms with Crippen LogP contribution >= 0.6 is 11.3 Å². The summed E-state index contributed by atoms with van der Waals surface area (Å²) in [6.07, 6.45) is 3.38. The van der Waals surface area contributed by atoms with Crippen LogP contribution in [0.2, 0.25) is 0 Å². The predicted octanol–water partition coefficient (Wildman–Crippen LogP) is 5.17. The maximum Gasteiger partial charge on any atom is 0.268 e. The summed E-state index contributed by atoms with van der Waals surface area (Å²) in [6, 6.07) is 17.5. The highest BCUT2D eigenvalue weighted by Crippen LogP contribution is 2.32. The number of H-pyrrole nitrogens is 1. The molecule has 1 N–H and O–H groups in total. The highest BCUT2D eigenvalue weighted by Gasteiger charge is 2.25. The minimum absolute atomic E-state index is 0.0383. The number of thiophene rings is 1. The number of hydrogen-bond acceptors (Lipinski definition) is 8. The maximum absolute atomic E-state index is 14.0. The van der Waals surface area contributed by atoms with Gasteiger partial charge in [-0.25, -0.2) is 4.98 Å². The normalized spacial score (nSPS) is 14.0. The van der Waals surface area contributed by atoms with Crippen molar-refractivity contribution in [3.63, 3.8) is 0 Å². The van der Waals surface area contributed by atoms with Crippen molar-refractivity contribution in [2.75, 3.05) is 29.4 Å². The number of nitrogens with zero attached hydrogens (tertiary/aromatic N) is 7. The first-order valence-electron chi connectivity index (χ1n) is 14.5. The number of hydrogen-bond donors (Lipinski definition) is 1. The number of carbonyl (C=O) groups excluding carboxylic acids is 1. The molecule has 1 aliphatic rings. The van der Waals surface area contributed by atoms with E-state index in [0.29, 0.717) is 47.0 Å². The molecule has 0 aliphatic carbocycles. The van der Waals surface area contributed by atoms with Gasteiger partial charge in [0.2, 0.25) is 5.82 Å². The van der Waals surface area contributed by atoms with Crippen LogP contribution in [0.25, 0.3) is 22.3 Å². The Kier molecular flexibility index (Phi) is 8.09. The molecule has 1 saturated heterocycles. The van der Waals surface area contributed by atoms with Crippen molar-refractivity contribution in [2.24, 2.45) is 5.92 Å². The van der Waals surface area contributed by atoms with Crippen molar-refractivity contribution in [1.29, 1.82) is 0 Å². The van der Waals surface area contributed by atoms with E-state index in [1.807, 2.05) is 72.3 Å². The molecule has 0 radical (unpaired) electrons. The second-order valence-corrected chi connectivity index (χ2v) is 11.6. The van der Waals surface area contributed by atoms with Gasteiger partial charge in [-0.3, -0.25) is 14.2 Å². The zero-order chi connectivity index (χ0) is 29.1. The van der Waals surface area contributed by atoms with Gasteiger partial charge in [-0.15, -0.1) is 21.5 Å². The Morgan fingerprint density at radius 1 is 1.10 bits per heavy atom. The topological polar surface area (TPSA) is 113 Å². The van der Waals surface area contributed by atoms with Crippen molar-refractivity contribution in [1.82, 2.24) is 30.2 Å². The first-order chi connectivity index (χ1) is 20.6. The third-order valence-corrected chi connectivity index (χ3v) is 8.81. The smallest absolute Gasteiger partial charge is 0.268 e. The number of para-hydroxylation sites is 1. The molecule has 11 heteroatoms. The standard InChI is InChI=1S/C31H34N8O2S/c1-3-15-38(31(41)27-10-7-18-42-27)22-11-12-25-24(19-22)30(40)39(28(4-2)32-25)20-21-13-16-37(17-14-21)26-9-6-5-8-23(26)29-33-35-36-34-29/h5-12,18-19,21H,3-4,13-17,20H2,1-2H3,(H,33,34,35,36). The average Bonchev–Trinajstić information content (AvgIpc) is 3.77. The second kappa shape index (κ2) is 12.2. The Labute approximate surface area is 248 Å². The van der Waals surface area contributed by atoms with E-state index >= 15 is 0 Å². The molecule has 4 heterocycles. The van der Waals surface area contributed by atoms with Crippen molar-refractivity contribution < 1.29 is 4.79 Å². The summed E-state index contributed by atoms with van der Waals surface area (Å²) < 4.78 is 1.87. The molecule has 2 aromatic carbocycles. The molecule has 216 valence electrons. The zero-order valence-electron chi connectivity index (χ0n) is 23.9. The van der Waals surface area contributed by atoms with Gasteiger partial charge in [0.15, 0.2) is 0 Å². The molecule has 6 rings (SSSR count). The molecule has 0 bridgehead atoms. The van der Waals surface area contributed by atoms with Gasteiger partial charge in [-0.05, 0) is 72.2 Å². The van der Waals surface area contributed by atoms with Crippen molar-refractivity contribution in [3.05, 3.63) is 81.0 Å². The van der Waals surface area contributed by atoms with E-state index in [0.717, 1.165) is 55.1 Å². The molecule has 3 aromatic heterocycles. The molecular formula is C31H34N8O2S. The largest absolute Gasteiger partial charge is 0.371 e. The SMILES string of the molecule is CCCN(C(=O)c1cccs1)c1ccc2nc(CC)n(CC3CCN(c4ccccc4-c4nn[nH]n4)CC3)c(=O)c2c1. The number of nitrogens with one attached hydrogen (secondary N) is 1. The monoisotopic (exact) mass is 582 g/mol. The van der Waals surface area contributed by atoms with E-state index in [2.05, 4.69) is 31.6 Å². The third-order valence-electron chi connectivity index (χ3n) is 7.96. The van der Waals surface area contributed by atoms with Gasteiger partial charge in [0, 0.05) is 49.5 Å². The van der Waals surface area contributed by atoms with Crippen LogP contribution in [0.5, 0.6) is 0 Å². The maximum atomic E-state index is 14.0. The van der Waals surface area contributed by atoms with E-state index in [1.54, 1.807) is 4.90 Å². The Balaban J connectivity index is 1.24. The number of rotatable bonds is 9. The number of fused-ring (bicyclic) bond motifs is 1. The first-order valence-corrected chi connectivity index (χ1v) is 15.4. The summed E-state index contributed by atoms with van der Waals surface area (Å²) in [5, 5.41) is 17.1. The van der Waals surface area contributed by atoms with Gasteiger partial charge >= 0.3 is 0 Å². The zero-order valence-corrected chi connectivity index (χ0v) is 24.7. The van der Waals surface area contributed by atoms with Crippen molar-refractivity contribution in [3.8, 4) is 11.4 Å². The summed E-state index contributed by atoms with van der Waals surface area (Å²) in [5.74, 6) is 1.69. The van der Waals surface area contributed by atoms with Crippen LogP contribution in [0.15, 0.2) is 64.8 Å². The Morgan fingerprint density at radius 3 is 2.64 bits per heavy atom. The lowest BCUT2D eigenvalue weighted by atomic mass is 9.95. The number of anilines is 2. The molecule has 0 saturated carbocycles. The van der Waals surface area contributed by atoms with Gasteiger partial charge in [0.1, 0.15) is 5.82 Å². The lowest BCUT2D eigenvalue weighted by Gasteiger charge is -2.35. The Hall–Kier alpha value is -4.38. The van der Waals surface area contributed by atoms with Crippen LogP contribution in [0.3, 0.4) is 0 Å². The van der Waals surface area contributed by atoms with Crippen molar-refractivity contribution >= 4 is 39.5 Å². The molecule has 5 aromatic rings. The molecule has 0 spiro atoms. The quantitative estimate of drug-likeness (QED) is 0.255. The van der Waals surface area contributed by atoms with Crippen LogP contribution in [-0.2, 0) is 13.0 Å². The number of carbonyl (C=O) groups is 1. The summed E-state index contributed by atoms with van der Waals surface area (Å²) in [7, 11) is 0. The molecule has 1 aliphatic heterocycles. The van der Waals surface area contributed by atoms with Gasteiger partial charge < -0.3 is 9.80 Å². The van der Waals surface area contributed by atoms with E-state index < -0.39 is 0 Å². The highest BCUT2D eigenvalue weighted by atomic mass is 32.1. The van der Waals surface area contributed by atoms with Gasteiger partial charge in [-0.1, -0.05) is 32.0 Å². The fourth-order valence-corrected chi connectivity index (χ4v) is 6.49. The number of amides is 1. The lowest BCUT2D eigenvalue weighted by molar-refractivity contribution is 0.0991. The summed E-state index contributed by atoms with van der Waals surface area (Å²) in [4.78, 5) is 37.0. The van der Waals surface area contributed by atoms with E-state index in [1.165, 1.54) is 11.3 Å². The molecule has 0 atom stereocenters. The molecule has 0 unspecified atom stereocenters. The predicted molar refractivity (Wildman–Crippen MR) is 166 cm³/mol. The fourth-order valence-electron chi connectivity index (χ4n) is 5.81. The number of aromatic amines is 1. The Morgan fingerprint density at radius 2 is 1.93 bits per heavy atom. The van der Waals surface area contributed by atoms with E-state index in [4.69, 9.17) is 4.98 Å². The highest BCUT2D eigenvalue weighted by molar-refractivity contribution is 7.12. The molecule has 10 nitrogen and oxygen atoms in total. The minimum atomic E-state index is -0.0441. The third kappa shape index (κ3) is 5.44. The lowest BCUT2D eigenvalue weighted by Crippen LogP contribution is -2.37. The molecule has 42 heavy (non-hydrogen) atoms. The summed E-state index contributed by atoms with van der Waals surface area (Å²) in [5.41, 5.74) is 3.41. The van der Waals surface area contributed by atoms with Gasteiger partial charge in [-0.2, -0.15) is 5.21 Å². The average molecular weight is 583 g/mol. The number of aromatic nitrogens is 6. The van der Waals surface area contributed by atoms with Crippen LogP contribution < -0.4 is 15.4 Å². The molecule has 1 amide bonds. The number of benzene rings is 2. The van der Waals surface area contributed by atoms with Crippen LogP contribution in [-0.4, -0.2) is 55.7 Å². The summed E-state index contributed by atoms with van der Waals surface area (Å²) in [6.45, 7) is 7.04. The second-order valence-electron chi connectivity index (χ2n) is 10.6. The van der Waals surface area contributed by atoms with Crippen molar-refractivity contribution in [2.45, 2.75) is 46.1 Å².